The lowest BCUT2D eigenvalue weighted by Crippen LogP contribution is -2.34. The first-order valence-electron chi connectivity index (χ1n) is 4.06. The highest BCUT2D eigenvalue weighted by atomic mass is 16.2. The van der Waals surface area contributed by atoms with E-state index in [1.54, 1.807) is 6.92 Å². The van der Waals surface area contributed by atoms with E-state index in [0.717, 1.165) is 25.9 Å². The minimum Gasteiger partial charge on any atom is -0.332 e. The van der Waals surface area contributed by atoms with Gasteiger partial charge in [0.05, 0.1) is 0 Å². The van der Waals surface area contributed by atoms with Crippen molar-refractivity contribution < 1.29 is 4.79 Å². The summed E-state index contributed by atoms with van der Waals surface area (Å²) in [5.41, 5.74) is 0. The van der Waals surface area contributed by atoms with Gasteiger partial charge in [-0.2, -0.15) is 0 Å². The molecule has 1 fully saturated rings. The molecule has 2 heteroatoms. The molecule has 2 nitrogen and oxygen atoms in total. The van der Waals surface area contributed by atoms with Crippen molar-refractivity contribution in [2.24, 2.45) is 0 Å². The second-order valence-corrected chi connectivity index (χ2v) is 2.73. The first-order valence-corrected chi connectivity index (χ1v) is 4.06. The molecule has 0 spiro atoms. The molecular formula is C9H13NO. The zero-order chi connectivity index (χ0) is 8.10. The number of carbonyl (C=O) groups excluding carboxylic acids is 1. The van der Waals surface area contributed by atoms with Crippen LogP contribution in [0.15, 0.2) is 0 Å². The van der Waals surface area contributed by atoms with Crippen LogP contribution in [0.5, 0.6) is 0 Å². The Balaban J connectivity index is 2.43. The normalized spacial score (nSPS) is 17.0. The van der Waals surface area contributed by atoms with Crippen LogP contribution in [0.3, 0.4) is 0 Å². The quantitative estimate of drug-likeness (QED) is 0.473. The molecule has 0 aliphatic carbocycles. The van der Waals surface area contributed by atoms with Crippen molar-refractivity contribution in [3.8, 4) is 11.8 Å². The standard InChI is InChI=1S/C9H13NO/c1-2-6-9(11)10-7-4-3-5-8-10/h3-5,7-8H2,1H3. The van der Waals surface area contributed by atoms with Gasteiger partial charge in [-0.15, -0.1) is 0 Å². The molecule has 0 radical (unpaired) electrons. The number of likely N-dealkylation sites (tertiary alicyclic amines) is 1. The van der Waals surface area contributed by atoms with E-state index in [9.17, 15) is 4.79 Å². The van der Waals surface area contributed by atoms with Crippen molar-refractivity contribution in [3.63, 3.8) is 0 Å². The van der Waals surface area contributed by atoms with Gasteiger partial charge in [0.15, 0.2) is 0 Å². The van der Waals surface area contributed by atoms with Crippen molar-refractivity contribution in [2.45, 2.75) is 26.2 Å². The van der Waals surface area contributed by atoms with Gasteiger partial charge in [-0.3, -0.25) is 4.79 Å². The van der Waals surface area contributed by atoms with Crippen molar-refractivity contribution in [2.75, 3.05) is 13.1 Å². The molecule has 0 aromatic carbocycles. The van der Waals surface area contributed by atoms with Gasteiger partial charge in [-0.05, 0) is 32.1 Å². The predicted molar refractivity (Wildman–Crippen MR) is 43.9 cm³/mol. The number of amides is 1. The number of nitrogens with zero attached hydrogens (tertiary/aromatic N) is 1. The van der Waals surface area contributed by atoms with Gasteiger partial charge in [0.25, 0.3) is 5.91 Å². The first kappa shape index (κ1) is 8.13. The van der Waals surface area contributed by atoms with Crippen LogP contribution < -0.4 is 0 Å². The zero-order valence-corrected chi connectivity index (χ0v) is 6.89. The fourth-order valence-corrected chi connectivity index (χ4v) is 1.28. The van der Waals surface area contributed by atoms with E-state index in [2.05, 4.69) is 11.8 Å². The molecule has 11 heavy (non-hydrogen) atoms. The second kappa shape index (κ2) is 4.02. The molecule has 1 amide bonds. The molecule has 0 aromatic rings. The summed E-state index contributed by atoms with van der Waals surface area (Å²) in [6, 6.07) is 0. The number of rotatable bonds is 0. The van der Waals surface area contributed by atoms with E-state index < -0.39 is 0 Å². The summed E-state index contributed by atoms with van der Waals surface area (Å²) >= 11 is 0. The van der Waals surface area contributed by atoms with Crippen LogP contribution in [0, 0.1) is 11.8 Å². The van der Waals surface area contributed by atoms with E-state index >= 15 is 0 Å². The summed E-state index contributed by atoms with van der Waals surface area (Å²) in [7, 11) is 0. The summed E-state index contributed by atoms with van der Waals surface area (Å²) < 4.78 is 0. The first-order chi connectivity index (χ1) is 5.34. The van der Waals surface area contributed by atoms with Gasteiger partial charge in [-0.1, -0.05) is 5.92 Å². The van der Waals surface area contributed by atoms with Gasteiger partial charge in [-0.25, -0.2) is 0 Å². The second-order valence-electron chi connectivity index (χ2n) is 2.73. The predicted octanol–water partition coefficient (Wildman–Crippen LogP) is 1.02. The molecular weight excluding hydrogens is 138 g/mol. The smallest absolute Gasteiger partial charge is 0.298 e. The Morgan fingerprint density at radius 1 is 1.27 bits per heavy atom. The Morgan fingerprint density at radius 3 is 2.45 bits per heavy atom. The molecule has 1 rings (SSSR count). The van der Waals surface area contributed by atoms with E-state index in [0.29, 0.717) is 0 Å². The molecule has 1 aliphatic heterocycles. The minimum absolute atomic E-state index is 0.00722. The van der Waals surface area contributed by atoms with Crippen LogP contribution in [0.25, 0.3) is 0 Å². The largest absolute Gasteiger partial charge is 0.332 e. The summed E-state index contributed by atoms with van der Waals surface area (Å²) in [4.78, 5) is 13.0. The van der Waals surface area contributed by atoms with Gasteiger partial charge in [0, 0.05) is 13.1 Å². The molecule has 0 unspecified atom stereocenters. The number of carbonyl (C=O) groups is 1. The Bertz CT molecular complexity index is 193. The molecule has 0 aromatic heterocycles. The van der Waals surface area contributed by atoms with Crippen LogP contribution >= 0.6 is 0 Å². The van der Waals surface area contributed by atoms with Gasteiger partial charge >= 0.3 is 0 Å². The fourth-order valence-electron chi connectivity index (χ4n) is 1.28. The molecule has 0 bridgehead atoms. The average molecular weight is 151 g/mol. The maximum absolute atomic E-state index is 11.2. The van der Waals surface area contributed by atoms with Crippen LogP contribution in [0.2, 0.25) is 0 Å². The van der Waals surface area contributed by atoms with Crippen LogP contribution in [-0.2, 0) is 4.79 Å². The summed E-state index contributed by atoms with van der Waals surface area (Å²) in [5.74, 6) is 5.17. The Labute approximate surface area is 67.6 Å². The fraction of sp³-hybridized carbons (Fsp3) is 0.667. The third-order valence-electron chi connectivity index (χ3n) is 1.88. The van der Waals surface area contributed by atoms with Crippen LogP contribution in [0.1, 0.15) is 26.2 Å². The van der Waals surface area contributed by atoms with E-state index in [4.69, 9.17) is 0 Å². The maximum atomic E-state index is 11.2. The SMILES string of the molecule is CC#CC(=O)N1CCCCC1. The van der Waals surface area contributed by atoms with Gasteiger partial charge in [0.1, 0.15) is 0 Å². The number of hydrogen-bond donors (Lipinski definition) is 0. The Hall–Kier alpha value is -0.970. The van der Waals surface area contributed by atoms with E-state index in [1.807, 2.05) is 4.90 Å². The zero-order valence-electron chi connectivity index (χ0n) is 6.89. The lowest BCUT2D eigenvalue weighted by atomic mass is 10.1. The Kier molecular flexibility index (Phi) is 2.97. The molecule has 0 N–H and O–H groups in total. The molecule has 1 saturated heterocycles. The lowest BCUT2D eigenvalue weighted by Gasteiger charge is -2.24. The molecule has 1 heterocycles. The number of piperidine rings is 1. The summed E-state index contributed by atoms with van der Waals surface area (Å²) in [6.45, 7) is 3.49. The molecule has 0 atom stereocenters. The highest BCUT2D eigenvalue weighted by Gasteiger charge is 2.13. The molecule has 1 aliphatic rings. The van der Waals surface area contributed by atoms with E-state index in [1.165, 1.54) is 6.42 Å². The highest BCUT2D eigenvalue weighted by molar-refractivity contribution is 5.93. The number of hydrogen-bond acceptors (Lipinski definition) is 1. The monoisotopic (exact) mass is 151 g/mol. The van der Waals surface area contributed by atoms with Crippen molar-refractivity contribution in [3.05, 3.63) is 0 Å². The van der Waals surface area contributed by atoms with E-state index in [-0.39, 0.29) is 5.91 Å². The van der Waals surface area contributed by atoms with Gasteiger partial charge in [0.2, 0.25) is 0 Å². The third-order valence-corrected chi connectivity index (χ3v) is 1.88. The Morgan fingerprint density at radius 2 is 1.91 bits per heavy atom. The molecule has 60 valence electrons. The maximum Gasteiger partial charge on any atom is 0.298 e. The van der Waals surface area contributed by atoms with Crippen LogP contribution in [0.4, 0.5) is 0 Å². The summed E-state index contributed by atoms with van der Waals surface area (Å²) in [6.07, 6.45) is 3.53. The van der Waals surface area contributed by atoms with Crippen LogP contribution in [-0.4, -0.2) is 23.9 Å². The van der Waals surface area contributed by atoms with Crippen molar-refractivity contribution >= 4 is 5.91 Å². The van der Waals surface area contributed by atoms with Gasteiger partial charge < -0.3 is 4.90 Å². The van der Waals surface area contributed by atoms with Crippen molar-refractivity contribution in [1.29, 1.82) is 0 Å². The highest BCUT2D eigenvalue weighted by Crippen LogP contribution is 2.07. The summed E-state index contributed by atoms with van der Waals surface area (Å²) in [5, 5.41) is 0. The lowest BCUT2D eigenvalue weighted by molar-refractivity contribution is -0.125. The third kappa shape index (κ3) is 2.27. The van der Waals surface area contributed by atoms with Crippen molar-refractivity contribution in [1.82, 2.24) is 4.90 Å². The minimum atomic E-state index is -0.00722. The average Bonchev–Trinajstić information content (AvgIpc) is 2.07. The molecule has 0 saturated carbocycles. The topological polar surface area (TPSA) is 20.3 Å².